The normalized spacial score (nSPS) is 12.3. The maximum Gasteiger partial charge on any atom is 0.335 e. The van der Waals surface area contributed by atoms with Crippen molar-refractivity contribution in [1.82, 2.24) is 0 Å². The summed E-state index contributed by atoms with van der Waals surface area (Å²) >= 11 is 0. The second-order valence-corrected chi connectivity index (χ2v) is 3.57. The van der Waals surface area contributed by atoms with Gasteiger partial charge in [0.05, 0.1) is 0 Å². The fourth-order valence-corrected chi connectivity index (χ4v) is 0.979. The zero-order valence-corrected chi connectivity index (χ0v) is 10.4. The van der Waals surface area contributed by atoms with Crippen LogP contribution in [-0.2, 0) is 9.59 Å². The molecule has 0 saturated carbocycles. The minimum absolute atomic E-state index is 0.359. The number of hydrogen-bond acceptors (Lipinski definition) is 5. The topological polar surface area (TPSA) is 170 Å². The number of urea groups is 1. The molecular weight excluding hydrogens is 291 g/mol. The first-order valence-corrected chi connectivity index (χ1v) is 5.29. The van der Waals surface area contributed by atoms with Crippen LogP contribution in [0.15, 0.2) is 24.3 Å². The van der Waals surface area contributed by atoms with Crippen LogP contribution < -0.4 is 11.1 Å². The number of amides is 2. The molecule has 0 fully saturated rings. The molecule has 1 aromatic carbocycles. The van der Waals surface area contributed by atoms with Crippen molar-refractivity contribution in [3.63, 3.8) is 0 Å². The molecule has 7 N–H and O–H groups in total. The molecule has 0 heterocycles. The molecule has 10 heteroatoms. The molecule has 116 valence electrons. The Morgan fingerprint density at radius 3 is 1.90 bits per heavy atom. The average Bonchev–Trinajstić information content (AvgIpc) is 2.36. The average molecular weight is 304 g/mol. The Morgan fingerprint density at radius 2 is 1.57 bits per heavy atom. The Hall–Kier alpha value is -2.72. The largest absolute Gasteiger partial charge is 0.479 e. The first kappa shape index (κ1) is 18.3. The lowest BCUT2D eigenvalue weighted by Gasteiger charge is -2.07. The van der Waals surface area contributed by atoms with Crippen molar-refractivity contribution >= 4 is 23.7 Å². The quantitative estimate of drug-likeness (QED) is 0.422. The summed E-state index contributed by atoms with van der Waals surface area (Å²) in [5.41, 5.74) is 5.16. The van der Waals surface area contributed by atoms with Crippen molar-refractivity contribution in [1.29, 1.82) is 0 Å². The van der Waals surface area contributed by atoms with Gasteiger partial charge in [-0.1, -0.05) is 6.07 Å². The maximum atomic E-state index is 12.4. The first-order chi connectivity index (χ1) is 9.65. The van der Waals surface area contributed by atoms with E-state index in [0.717, 1.165) is 0 Å². The Morgan fingerprint density at radius 1 is 1.10 bits per heavy atom. The zero-order chi connectivity index (χ0) is 16.6. The van der Waals surface area contributed by atoms with Crippen LogP contribution in [0.4, 0.5) is 14.9 Å². The lowest BCUT2D eigenvalue weighted by Crippen LogP contribution is -2.39. The van der Waals surface area contributed by atoms with Crippen LogP contribution in [0.5, 0.6) is 0 Å². The molecule has 0 radical (unpaired) electrons. The lowest BCUT2D eigenvalue weighted by atomic mass is 10.2. The maximum absolute atomic E-state index is 12.4. The standard InChI is InChI=1S/C7H7FN2O.C4H6O6/c8-5-2-1-3-6(4-5)10-7(9)11;5-1(3(7)8)2(6)4(9)10/h1-4H,(H3,9,10,11);1-2,5-6H,(H,7,8)(H,9,10)/t;1-,2-/m.1/s1. The molecule has 0 aliphatic heterocycles. The number of carbonyl (C=O) groups excluding carboxylic acids is 1. The van der Waals surface area contributed by atoms with Crippen LogP contribution in [0.25, 0.3) is 0 Å². The number of halogens is 1. The number of primary amides is 1. The molecule has 0 spiro atoms. The van der Waals surface area contributed by atoms with Crippen LogP contribution >= 0.6 is 0 Å². The minimum Gasteiger partial charge on any atom is -0.479 e. The summed E-state index contributed by atoms with van der Waals surface area (Å²) in [7, 11) is 0. The van der Waals surface area contributed by atoms with Gasteiger partial charge in [0.2, 0.25) is 0 Å². The Bertz CT molecular complexity index is 505. The van der Waals surface area contributed by atoms with E-state index in [1.54, 1.807) is 6.07 Å². The number of aliphatic hydroxyl groups is 2. The smallest absolute Gasteiger partial charge is 0.335 e. The second kappa shape index (κ2) is 8.45. The summed E-state index contributed by atoms with van der Waals surface area (Å²) in [4.78, 5) is 29.8. The Labute approximate surface area is 117 Å². The highest BCUT2D eigenvalue weighted by molar-refractivity contribution is 5.87. The van der Waals surface area contributed by atoms with Gasteiger partial charge in [-0.05, 0) is 18.2 Å². The van der Waals surface area contributed by atoms with Crippen molar-refractivity contribution < 1.29 is 39.2 Å². The predicted octanol–water partition coefficient (Wildman–Crippen LogP) is -0.806. The molecule has 0 bridgehead atoms. The summed E-state index contributed by atoms with van der Waals surface area (Å²) in [6, 6.07) is 4.81. The molecule has 2 amide bonds. The summed E-state index contributed by atoms with van der Waals surface area (Å²) in [6.07, 6.45) is -4.53. The number of anilines is 1. The Kier molecular flexibility index (Phi) is 7.36. The van der Waals surface area contributed by atoms with Crippen molar-refractivity contribution in [3.8, 4) is 0 Å². The van der Waals surface area contributed by atoms with Crippen LogP contribution in [0, 0.1) is 5.82 Å². The van der Waals surface area contributed by atoms with Gasteiger partial charge in [0.25, 0.3) is 0 Å². The van der Waals surface area contributed by atoms with Gasteiger partial charge in [-0.25, -0.2) is 18.8 Å². The third-order valence-corrected chi connectivity index (χ3v) is 1.90. The van der Waals surface area contributed by atoms with Gasteiger partial charge in [0, 0.05) is 5.69 Å². The van der Waals surface area contributed by atoms with Crippen LogP contribution in [-0.4, -0.2) is 50.6 Å². The van der Waals surface area contributed by atoms with Crippen LogP contribution in [0.2, 0.25) is 0 Å². The molecule has 21 heavy (non-hydrogen) atoms. The van der Waals surface area contributed by atoms with Gasteiger partial charge < -0.3 is 31.5 Å². The summed E-state index contributed by atoms with van der Waals surface area (Å²) in [5, 5.41) is 34.8. The van der Waals surface area contributed by atoms with Crippen molar-refractivity contribution in [2.24, 2.45) is 5.73 Å². The van der Waals surface area contributed by atoms with Gasteiger partial charge in [-0.2, -0.15) is 0 Å². The van der Waals surface area contributed by atoms with Crippen molar-refractivity contribution in [2.75, 3.05) is 5.32 Å². The van der Waals surface area contributed by atoms with Crippen molar-refractivity contribution in [3.05, 3.63) is 30.1 Å². The van der Waals surface area contributed by atoms with E-state index in [2.05, 4.69) is 5.32 Å². The molecular formula is C11H13FN2O7. The molecule has 1 rings (SSSR count). The van der Waals surface area contributed by atoms with E-state index in [9.17, 15) is 18.8 Å². The molecule has 1 aromatic rings. The highest BCUT2D eigenvalue weighted by Crippen LogP contribution is 2.07. The lowest BCUT2D eigenvalue weighted by molar-refractivity contribution is -0.165. The monoisotopic (exact) mass is 304 g/mol. The first-order valence-electron chi connectivity index (χ1n) is 5.29. The Balaban J connectivity index is 0.000000384. The zero-order valence-electron chi connectivity index (χ0n) is 10.4. The second-order valence-electron chi connectivity index (χ2n) is 3.57. The number of carboxylic acid groups (broad SMARTS) is 2. The molecule has 0 aromatic heterocycles. The van der Waals surface area contributed by atoms with E-state index < -0.39 is 36.0 Å². The van der Waals surface area contributed by atoms with E-state index in [1.807, 2.05) is 0 Å². The predicted molar refractivity (Wildman–Crippen MR) is 66.9 cm³/mol. The number of carboxylic acids is 2. The summed E-state index contributed by atoms with van der Waals surface area (Å²) in [6.45, 7) is 0. The fourth-order valence-electron chi connectivity index (χ4n) is 0.979. The van der Waals surface area contributed by atoms with Gasteiger partial charge in [0.15, 0.2) is 12.2 Å². The molecule has 9 nitrogen and oxygen atoms in total. The van der Waals surface area contributed by atoms with E-state index in [0.29, 0.717) is 5.69 Å². The number of rotatable bonds is 4. The van der Waals surface area contributed by atoms with Crippen LogP contribution in [0.1, 0.15) is 0 Å². The number of aliphatic carboxylic acids is 2. The van der Waals surface area contributed by atoms with Crippen LogP contribution in [0.3, 0.4) is 0 Å². The molecule has 0 aliphatic carbocycles. The number of aliphatic hydroxyl groups excluding tert-OH is 2. The third-order valence-electron chi connectivity index (χ3n) is 1.90. The number of hydrogen-bond donors (Lipinski definition) is 6. The highest BCUT2D eigenvalue weighted by Gasteiger charge is 2.29. The minimum atomic E-state index is -2.27. The summed E-state index contributed by atoms with van der Waals surface area (Å²) in [5.74, 6) is -3.94. The van der Waals surface area contributed by atoms with E-state index >= 15 is 0 Å². The number of nitrogens with two attached hydrogens (primary N) is 1. The van der Waals surface area contributed by atoms with Crippen molar-refractivity contribution in [2.45, 2.75) is 12.2 Å². The fraction of sp³-hybridized carbons (Fsp3) is 0.182. The number of carbonyl (C=O) groups is 3. The van der Waals surface area contributed by atoms with E-state index in [1.165, 1.54) is 18.2 Å². The van der Waals surface area contributed by atoms with Gasteiger partial charge in [-0.15, -0.1) is 0 Å². The van der Waals surface area contributed by atoms with E-state index in [4.69, 9.17) is 26.2 Å². The molecule has 2 atom stereocenters. The van der Waals surface area contributed by atoms with Gasteiger partial charge in [0.1, 0.15) is 5.82 Å². The SMILES string of the molecule is NC(=O)Nc1cccc(F)c1.O=C(O)[C@H](O)[C@@H](O)C(=O)O. The number of nitrogens with one attached hydrogen (secondary N) is 1. The molecule has 0 unspecified atom stereocenters. The highest BCUT2D eigenvalue weighted by atomic mass is 19.1. The van der Waals surface area contributed by atoms with Gasteiger partial charge >= 0.3 is 18.0 Å². The molecule has 0 saturated heterocycles. The summed E-state index contributed by atoms with van der Waals surface area (Å²) < 4.78 is 12.4. The third kappa shape index (κ3) is 7.44. The molecule has 0 aliphatic rings. The van der Waals surface area contributed by atoms with Gasteiger partial charge in [-0.3, -0.25) is 0 Å². The number of benzene rings is 1. The van der Waals surface area contributed by atoms with E-state index in [-0.39, 0.29) is 0 Å².